The number of quaternary nitrogens is 1. The number of halogens is 1. The standard InChI is InChI=1S/C22H21FN2O4/c1-3-25-19(26)16-17(20(25)27)22(21(28)29-2,13-9-5-4-6-10-13)24-18(16)14-11-7-8-12-15(14)23/h4-12,16-18,24H,3H2,1-2H3/p+1/t16-,17+,18+,22-/m1/s1. The van der Waals surface area contributed by atoms with Gasteiger partial charge in [0.05, 0.1) is 7.11 Å². The van der Waals surface area contributed by atoms with Gasteiger partial charge in [-0.3, -0.25) is 14.5 Å². The highest BCUT2D eigenvalue weighted by Crippen LogP contribution is 2.48. The van der Waals surface area contributed by atoms with Crippen LogP contribution in [0.4, 0.5) is 4.39 Å². The van der Waals surface area contributed by atoms with Gasteiger partial charge in [0, 0.05) is 17.7 Å². The van der Waals surface area contributed by atoms with Crippen LogP contribution in [0.2, 0.25) is 0 Å². The second-order valence-corrected chi connectivity index (χ2v) is 7.36. The Kier molecular flexibility index (Phi) is 4.70. The van der Waals surface area contributed by atoms with Crippen LogP contribution < -0.4 is 5.32 Å². The molecule has 2 amide bonds. The summed E-state index contributed by atoms with van der Waals surface area (Å²) < 4.78 is 19.8. The molecule has 0 radical (unpaired) electrons. The first-order valence-electron chi connectivity index (χ1n) is 9.57. The maximum Gasteiger partial charge on any atom is 0.373 e. The van der Waals surface area contributed by atoms with Gasteiger partial charge in [-0.1, -0.05) is 48.5 Å². The number of hydrogen-bond donors (Lipinski definition) is 1. The smallest absolute Gasteiger partial charge is 0.373 e. The van der Waals surface area contributed by atoms with Gasteiger partial charge in [-0.15, -0.1) is 0 Å². The molecule has 2 aromatic carbocycles. The third kappa shape index (κ3) is 2.61. The number of carbonyl (C=O) groups is 3. The minimum absolute atomic E-state index is 0.195. The quantitative estimate of drug-likeness (QED) is 0.620. The van der Waals surface area contributed by atoms with E-state index in [0.29, 0.717) is 11.1 Å². The predicted octanol–water partition coefficient (Wildman–Crippen LogP) is 1.13. The van der Waals surface area contributed by atoms with Gasteiger partial charge in [0.1, 0.15) is 23.7 Å². The van der Waals surface area contributed by atoms with E-state index in [1.165, 1.54) is 13.2 Å². The van der Waals surface area contributed by atoms with E-state index in [0.717, 1.165) is 4.90 Å². The molecular formula is C22H22FN2O4+. The molecule has 29 heavy (non-hydrogen) atoms. The van der Waals surface area contributed by atoms with Crippen molar-refractivity contribution in [1.82, 2.24) is 4.90 Å². The fraction of sp³-hybridized carbons (Fsp3) is 0.318. The van der Waals surface area contributed by atoms with Gasteiger partial charge in [0.25, 0.3) is 0 Å². The van der Waals surface area contributed by atoms with Gasteiger partial charge in [0.15, 0.2) is 0 Å². The number of nitrogens with zero attached hydrogens (tertiary/aromatic N) is 1. The number of nitrogens with two attached hydrogens (primary N) is 1. The molecule has 7 heteroatoms. The summed E-state index contributed by atoms with van der Waals surface area (Å²) in [6.45, 7) is 1.90. The van der Waals surface area contributed by atoms with E-state index in [4.69, 9.17) is 4.74 Å². The number of hydrogen-bond acceptors (Lipinski definition) is 4. The number of imide groups is 1. The molecule has 4 rings (SSSR count). The molecule has 2 heterocycles. The van der Waals surface area contributed by atoms with Crippen molar-refractivity contribution in [3.05, 3.63) is 71.5 Å². The van der Waals surface area contributed by atoms with Crippen molar-refractivity contribution in [1.29, 1.82) is 0 Å². The Labute approximate surface area is 167 Å². The lowest BCUT2D eigenvalue weighted by Crippen LogP contribution is -2.96. The zero-order valence-electron chi connectivity index (χ0n) is 16.2. The monoisotopic (exact) mass is 397 g/mol. The second-order valence-electron chi connectivity index (χ2n) is 7.36. The van der Waals surface area contributed by atoms with E-state index >= 15 is 0 Å². The van der Waals surface area contributed by atoms with Crippen LogP contribution in [0.3, 0.4) is 0 Å². The molecule has 0 aromatic heterocycles. The van der Waals surface area contributed by atoms with Crippen LogP contribution in [0.1, 0.15) is 24.1 Å². The van der Waals surface area contributed by atoms with Crippen molar-refractivity contribution in [2.45, 2.75) is 18.5 Å². The second kappa shape index (κ2) is 7.08. The number of esters is 1. The molecule has 150 valence electrons. The molecule has 0 aliphatic carbocycles. The Bertz CT molecular complexity index is 980. The van der Waals surface area contributed by atoms with Crippen molar-refractivity contribution in [2.24, 2.45) is 11.8 Å². The van der Waals surface area contributed by atoms with E-state index in [2.05, 4.69) is 0 Å². The van der Waals surface area contributed by atoms with Crippen LogP contribution in [-0.4, -0.2) is 36.3 Å². The molecule has 2 saturated heterocycles. The van der Waals surface area contributed by atoms with Gasteiger partial charge < -0.3 is 10.1 Å². The molecule has 2 aliphatic heterocycles. The van der Waals surface area contributed by atoms with Crippen molar-refractivity contribution in [3.8, 4) is 0 Å². The summed E-state index contributed by atoms with van der Waals surface area (Å²) in [7, 11) is 1.26. The molecule has 2 N–H and O–H groups in total. The number of likely N-dealkylation sites (tertiary alicyclic amines) is 1. The topological polar surface area (TPSA) is 80.3 Å². The van der Waals surface area contributed by atoms with Crippen LogP contribution in [0.15, 0.2) is 54.6 Å². The van der Waals surface area contributed by atoms with Crippen LogP contribution in [0, 0.1) is 17.7 Å². The average molecular weight is 397 g/mol. The van der Waals surface area contributed by atoms with Crippen molar-refractivity contribution >= 4 is 17.8 Å². The number of methoxy groups -OCH3 is 1. The molecule has 0 bridgehead atoms. The minimum Gasteiger partial charge on any atom is -0.464 e. The van der Waals surface area contributed by atoms with Gasteiger partial charge in [-0.2, -0.15) is 0 Å². The SMILES string of the molecule is CCN1C(=O)[C@@H]2[C@@H](C1=O)[C@@](C(=O)OC)(c1ccccc1)[NH2+][C@H]2c1ccccc1F. The Morgan fingerprint density at radius 1 is 1.10 bits per heavy atom. The molecule has 2 fully saturated rings. The van der Waals surface area contributed by atoms with E-state index in [-0.39, 0.29) is 12.5 Å². The van der Waals surface area contributed by atoms with Crippen molar-refractivity contribution < 1.29 is 28.8 Å². The molecule has 4 atom stereocenters. The number of rotatable bonds is 4. The molecule has 0 saturated carbocycles. The number of fused-ring (bicyclic) bond motifs is 1. The normalized spacial score (nSPS) is 28.5. The zero-order chi connectivity index (χ0) is 20.8. The molecule has 6 nitrogen and oxygen atoms in total. The highest BCUT2D eigenvalue weighted by Gasteiger charge is 2.73. The van der Waals surface area contributed by atoms with Crippen LogP contribution in [-0.2, 0) is 24.7 Å². The predicted molar refractivity (Wildman–Crippen MR) is 101 cm³/mol. The Morgan fingerprint density at radius 3 is 2.38 bits per heavy atom. The van der Waals surface area contributed by atoms with Crippen LogP contribution in [0.25, 0.3) is 0 Å². The van der Waals surface area contributed by atoms with Gasteiger partial charge in [-0.05, 0) is 13.0 Å². The maximum atomic E-state index is 14.7. The first-order chi connectivity index (χ1) is 14.0. The summed E-state index contributed by atoms with van der Waals surface area (Å²) >= 11 is 0. The molecule has 0 unspecified atom stereocenters. The van der Waals surface area contributed by atoms with Gasteiger partial charge in [-0.25, -0.2) is 9.18 Å². The lowest BCUT2D eigenvalue weighted by Gasteiger charge is -2.29. The number of benzene rings is 2. The largest absolute Gasteiger partial charge is 0.464 e. The number of carbonyl (C=O) groups excluding carboxylic acids is 3. The van der Waals surface area contributed by atoms with Gasteiger partial charge in [0.2, 0.25) is 17.4 Å². The summed E-state index contributed by atoms with van der Waals surface area (Å²) in [4.78, 5) is 40.8. The fourth-order valence-electron chi connectivity index (χ4n) is 4.89. The minimum atomic E-state index is -1.47. The van der Waals surface area contributed by atoms with Crippen molar-refractivity contribution in [3.63, 3.8) is 0 Å². The first kappa shape index (κ1) is 19.3. The van der Waals surface area contributed by atoms with Crippen molar-refractivity contribution in [2.75, 3.05) is 13.7 Å². The summed E-state index contributed by atoms with van der Waals surface area (Å²) in [6.07, 6.45) is 0. The zero-order valence-corrected chi connectivity index (χ0v) is 16.2. The number of ether oxygens (including phenoxy) is 1. The average Bonchev–Trinajstić information content (AvgIpc) is 3.23. The number of amides is 2. The van der Waals surface area contributed by atoms with E-state index < -0.39 is 41.1 Å². The van der Waals surface area contributed by atoms with Crippen LogP contribution in [0.5, 0.6) is 0 Å². The van der Waals surface area contributed by atoms with Gasteiger partial charge >= 0.3 is 5.97 Å². The summed E-state index contributed by atoms with van der Waals surface area (Å²) in [6, 6.07) is 14.2. The first-order valence-corrected chi connectivity index (χ1v) is 9.57. The third-order valence-corrected chi connectivity index (χ3v) is 6.12. The fourth-order valence-corrected chi connectivity index (χ4v) is 4.89. The highest BCUT2D eigenvalue weighted by atomic mass is 19.1. The Balaban J connectivity index is 1.97. The summed E-state index contributed by atoms with van der Waals surface area (Å²) in [5, 5.41) is 1.64. The summed E-state index contributed by atoms with van der Waals surface area (Å²) in [5.41, 5.74) is -0.618. The van der Waals surface area contributed by atoms with Crippen LogP contribution >= 0.6 is 0 Å². The Hall–Kier alpha value is -3.06. The molecule has 2 aliphatic rings. The van der Waals surface area contributed by atoms with E-state index in [1.54, 1.807) is 60.8 Å². The molecule has 0 spiro atoms. The van der Waals surface area contributed by atoms with E-state index in [9.17, 15) is 18.8 Å². The molecule has 2 aromatic rings. The third-order valence-electron chi connectivity index (χ3n) is 6.12. The maximum absolute atomic E-state index is 14.7. The Morgan fingerprint density at radius 2 is 1.76 bits per heavy atom. The molecular weight excluding hydrogens is 375 g/mol. The summed E-state index contributed by atoms with van der Waals surface area (Å²) in [5.74, 6) is -3.75. The lowest BCUT2D eigenvalue weighted by molar-refractivity contribution is -0.742. The highest BCUT2D eigenvalue weighted by molar-refractivity contribution is 6.08. The lowest BCUT2D eigenvalue weighted by atomic mass is 9.75. The van der Waals surface area contributed by atoms with E-state index in [1.807, 2.05) is 0 Å².